The van der Waals surface area contributed by atoms with Crippen LogP contribution in [0.4, 0.5) is 4.39 Å². The van der Waals surface area contributed by atoms with Crippen LogP contribution in [0.2, 0.25) is 0 Å². The minimum absolute atomic E-state index is 0.119. The van der Waals surface area contributed by atoms with Gasteiger partial charge in [-0.05, 0) is 37.9 Å². The van der Waals surface area contributed by atoms with Gasteiger partial charge in [-0.25, -0.2) is 4.39 Å². The molecule has 2 heterocycles. The number of alkyl halides is 1. The van der Waals surface area contributed by atoms with E-state index in [-0.39, 0.29) is 12.7 Å². The Kier molecular flexibility index (Phi) is 3.31. The molecule has 0 amide bonds. The van der Waals surface area contributed by atoms with E-state index in [1.54, 1.807) is 0 Å². The van der Waals surface area contributed by atoms with Crippen molar-refractivity contribution in [3.05, 3.63) is 29.6 Å². The average Bonchev–Trinajstić information content (AvgIpc) is 2.69. The number of halogens is 1. The van der Waals surface area contributed by atoms with E-state index in [4.69, 9.17) is 0 Å². The second-order valence-corrected chi connectivity index (χ2v) is 4.25. The molecular formula is C12H17FN2. The molecule has 1 aliphatic rings. The third-order valence-corrected chi connectivity index (χ3v) is 3.01. The number of pyridine rings is 1. The topological polar surface area (TPSA) is 16.1 Å². The van der Waals surface area contributed by atoms with Crippen molar-refractivity contribution in [2.24, 2.45) is 0 Å². The van der Waals surface area contributed by atoms with Gasteiger partial charge < -0.3 is 0 Å². The zero-order chi connectivity index (χ0) is 10.7. The Balaban J connectivity index is 1.99. The van der Waals surface area contributed by atoms with Gasteiger partial charge in [-0.15, -0.1) is 0 Å². The van der Waals surface area contributed by atoms with Crippen LogP contribution in [0.25, 0.3) is 0 Å². The number of aromatic nitrogens is 1. The fourth-order valence-corrected chi connectivity index (χ4v) is 2.08. The summed E-state index contributed by atoms with van der Waals surface area (Å²) in [5, 5.41) is 0. The molecule has 0 radical (unpaired) electrons. The fourth-order valence-electron chi connectivity index (χ4n) is 2.08. The molecule has 0 bridgehead atoms. The van der Waals surface area contributed by atoms with Gasteiger partial charge in [0.15, 0.2) is 0 Å². The number of rotatable bonds is 3. The molecule has 1 unspecified atom stereocenters. The molecule has 1 aromatic heterocycles. The first-order valence-electron chi connectivity index (χ1n) is 5.51. The van der Waals surface area contributed by atoms with Gasteiger partial charge in [0, 0.05) is 18.8 Å². The molecule has 0 spiro atoms. The van der Waals surface area contributed by atoms with E-state index in [1.807, 2.05) is 19.2 Å². The van der Waals surface area contributed by atoms with Crippen molar-refractivity contribution in [1.29, 1.82) is 0 Å². The highest BCUT2D eigenvalue weighted by Crippen LogP contribution is 2.19. The van der Waals surface area contributed by atoms with Crippen molar-refractivity contribution in [2.75, 3.05) is 13.2 Å². The summed E-state index contributed by atoms with van der Waals surface area (Å²) in [7, 11) is 0. The molecule has 1 aliphatic heterocycles. The van der Waals surface area contributed by atoms with Crippen LogP contribution in [0.3, 0.4) is 0 Å². The molecule has 0 N–H and O–H groups in total. The largest absolute Gasteiger partial charge is 0.292 e. The third kappa shape index (κ3) is 2.53. The zero-order valence-electron chi connectivity index (χ0n) is 9.12. The summed E-state index contributed by atoms with van der Waals surface area (Å²) >= 11 is 0. The summed E-state index contributed by atoms with van der Waals surface area (Å²) in [6.45, 7) is 3.59. The second-order valence-electron chi connectivity index (χ2n) is 4.25. The maximum atomic E-state index is 12.7. The molecule has 1 aromatic rings. The van der Waals surface area contributed by atoms with Crippen LogP contribution in [0.5, 0.6) is 0 Å². The number of hydrogen-bond acceptors (Lipinski definition) is 2. The quantitative estimate of drug-likeness (QED) is 0.758. The Bertz CT molecular complexity index is 310. The van der Waals surface area contributed by atoms with E-state index in [0.29, 0.717) is 0 Å². The van der Waals surface area contributed by atoms with Crippen molar-refractivity contribution < 1.29 is 4.39 Å². The number of aryl methyl sites for hydroxylation is 1. The lowest BCUT2D eigenvalue weighted by Crippen LogP contribution is -2.30. The van der Waals surface area contributed by atoms with Gasteiger partial charge in [-0.3, -0.25) is 9.88 Å². The summed E-state index contributed by atoms with van der Waals surface area (Å²) < 4.78 is 12.7. The Hall–Kier alpha value is -0.960. The number of hydrogen-bond donors (Lipinski definition) is 0. The van der Waals surface area contributed by atoms with Crippen LogP contribution in [0.1, 0.15) is 24.1 Å². The van der Waals surface area contributed by atoms with Crippen LogP contribution in [0, 0.1) is 6.92 Å². The van der Waals surface area contributed by atoms with E-state index in [0.717, 1.165) is 31.6 Å². The van der Waals surface area contributed by atoms with Gasteiger partial charge in [0.1, 0.15) is 6.67 Å². The summed E-state index contributed by atoms with van der Waals surface area (Å²) in [5.74, 6) is 0. The predicted molar refractivity (Wildman–Crippen MR) is 58.4 cm³/mol. The minimum Gasteiger partial charge on any atom is -0.292 e. The molecule has 15 heavy (non-hydrogen) atoms. The highest BCUT2D eigenvalue weighted by Gasteiger charge is 2.24. The standard InChI is InChI=1S/C12H17FN2/c1-10-4-5-11(14-8-10)9-15-6-2-3-12(15)7-13/h4-5,8,12H,2-3,6-7,9H2,1H3. The summed E-state index contributed by atoms with van der Waals surface area (Å²) in [6.07, 6.45) is 3.97. The van der Waals surface area contributed by atoms with Crippen molar-refractivity contribution >= 4 is 0 Å². The first kappa shape index (κ1) is 10.6. The second kappa shape index (κ2) is 4.71. The Morgan fingerprint density at radius 2 is 2.40 bits per heavy atom. The third-order valence-electron chi connectivity index (χ3n) is 3.01. The van der Waals surface area contributed by atoms with Gasteiger partial charge in [0.2, 0.25) is 0 Å². The van der Waals surface area contributed by atoms with Gasteiger partial charge in [-0.1, -0.05) is 6.07 Å². The molecule has 1 fully saturated rings. The molecule has 0 aliphatic carbocycles. The molecule has 1 saturated heterocycles. The van der Waals surface area contributed by atoms with Crippen LogP contribution >= 0.6 is 0 Å². The Labute approximate surface area is 90.1 Å². The maximum absolute atomic E-state index is 12.7. The van der Waals surface area contributed by atoms with E-state index >= 15 is 0 Å². The van der Waals surface area contributed by atoms with Crippen LogP contribution in [0.15, 0.2) is 18.3 Å². The zero-order valence-corrected chi connectivity index (χ0v) is 9.12. The van der Waals surface area contributed by atoms with E-state index in [2.05, 4.69) is 16.0 Å². The Morgan fingerprint density at radius 3 is 3.07 bits per heavy atom. The number of likely N-dealkylation sites (tertiary alicyclic amines) is 1. The number of nitrogens with zero attached hydrogens (tertiary/aromatic N) is 2. The van der Waals surface area contributed by atoms with Crippen LogP contribution < -0.4 is 0 Å². The van der Waals surface area contributed by atoms with Crippen LogP contribution in [-0.4, -0.2) is 29.1 Å². The van der Waals surface area contributed by atoms with Crippen molar-refractivity contribution in [2.45, 2.75) is 32.4 Å². The van der Waals surface area contributed by atoms with Gasteiger partial charge in [-0.2, -0.15) is 0 Å². The van der Waals surface area contributed by atoms with E-state index < -0.39 is 0 Å². The summed E-state index contributed by atoms with van der Waals surface area (Å²) in [4.78, 5) is 6.54. The average molecular weight is 208 g/mol. The molecule has 82 valence electrons. The molecule has 2 rings (SSSR count). The van der Waals surface area contributed by atoms with Crippen LogP contribution in [-0.2, 0) is 6.54 Å². The highest BCUT2D eigenvalue weighted by atomic mass is 19.1. The molecule has 3 heteroatoms. The minimum atomic E-state index is -0.230. The normalized spacial score (nSPS) is 22.1. The van der Waals surface area contributed by atoms with Gasteiger partial charge >= 0.3 is 0 Å². The smallest absolute Gasteiger partial charge is 0.105 e. The van der Waals surface area contributed by atoms with Crippen molar-refractivity contribution in [3.8, 4) is 0 Å². The van der Waals surface area contributed by atoms with Gasteiger partial charge in [0.05, 0.1) is 5.69 Å². The molecular weight excluding hydrogens is 191 g/mol. The van der Waals surface area contributed by atoms with E-state index in [9.17, 15) is 4.39 Å². The summed E-state index contributed by atoms with van der Waals surface area (Å²) in [6, 6.07) is 4.21. The first-order valence-corrected chi connectivity index (χ1v) is 5.51. The maximum Gasteiger partial charge on any atom is 0.105 e. The van der Waals surface area contributed by atoms with Gasteiger partial charge in [0.25, 0.3) is 0 Å². The summed E-state index contributed by atoms with van der Waals surface area (Å²) in [5.41, 5.74) is 2.21. The first-order chi connectivity index (χ1) is 7.29. The molecule has 0 saturated carbocycles. The van der Waals surface area contributed by atoms with Crippen molar-refractivity contribution in [3.63, 3.8) is 0 Å². The predicted octanol–water partition coefficient (Wildman–Crippen LogP) is 2.32. The SMILES string of the molecule is Cc1ccc(CN2CCCC2CF)nc1. The molecule has 0 aromatic carbocycles. The van der Waals surface area contributed by atoms with E-state index in [1.165, 1.54) is 5.56 Å². The molecule has 1 atom stereocenters. The Morgan fingerprint density at radius 1 is 1.53 bits per heavy atom. The lowest BCUT2D eigenvalue weighted by Gasteiger charge is -2.21. The highest BCUT2D eigenvalue weighted by molar-refractivity contribution is 5.12. The molecule has 2 nitrogen and oxygen atoms in total. The lowest BCUT2D eigenvalue weighted by atomic mass is 10.2. The lowest BCUT2D eigenvalue weighted by molar-refractivity contribution is 0.205. The fraction of sp³-hybridized carbons (Fsp3) is 0.583. The van der Waals surface area contributed by atoms with Crippen molar-refractivity contribution in [1.82, 2.24) is 9.88 Å². The monoisotopic (exact) mass is 208 g/mol.